The Kier molecular flexibility index (Phi) is 5.02. The van der Waals surface area contributed by atoms with Crippen LogP contribution in [0.3, 0.4) is 0 Å². The second-order valence-electron chi connectivity index (χ2n) is 6.31. The summed E-state index contributed by atoms with van der Waals surface area (Å²) >= 11 is 5.86. The van der Waals surface area contributed by atoms with E-state index in [-0.39, 0.29) is 5.69 Å². The van der Waals surface area contributed by atoms with E-state index in [2.05, 4.69) is 10.6 Å². The number of hydrogen-bond donors (Lipinski definition) is 2. The maximum atomic E-state index is 12.8. The highest BCUT2D eigenvalue weighted by Crippen LogP contribution is 2.30. The van der Waals surface area contributed by atoms with E-state index in [1.807, 2.05) is 0 Å². The first kappa shape index (κ1) is 19.3. The fourth-order valence-corrected chi connectivity index (χ4v) is 3.05. The summed E-state index contributed by atoms with van der Waals surface area (Å²) in [4.78, 5) is 48.3. The lowest BCUT2D eigenvalue weighted by atomic mass is 9.92. The topological polar surface area (TPSA) is 122 Å². The van der Waals surface area contributed by atoms with Crippen molar-refractivity contribution in [3.8, 4) is 0 Å². The molecule has 0 aromatic heterocycles. The smallest absolute Gasteiger partial charge is 0.324 e. The van der Waals surface area contributed by atoms with Gasteiger partial charge in [-0.15, -0.1) is 0 Å². The molecule has 1 aliphatic heterocycles. The summed E-state index contributed by atoms with van der Waals surface area (Å²) in [6.45, 7) is 0.989. The molecule has 1 atom stereocenters. The first-order valence-electron chi connectivity index (χ1n) is 8.15. The number of hydrogen-bond acceptors (Lipinski definition) is 5. The largest absolute Gasteiger partial charge is 0.325 e. The molecular weight excluding hydrogens is 388 g/mol. The molecule has 0 unspecified atom stereocenters. The van der Waals surface area contributed by atoms with E-state index in [1.165, 1.54) is 37.3 Å². The van der Waals surface area contributed by atoms with Crippen molar-refractivity contribution in [1.82, 2.24) is 10.2 Å². The van der Waals surface area contributed by atoms with Crippen LogP contribution in [-0.4, -0.2) is 34.2 Å². The zero-order valence-corrected chi connectivity index (χ0v) is 15.4. The number of halogens is 1. The molecule has 1 saturated heterocycles. The highest BCUT2D eigenvalue weighted by molar-refractivity contribution is 6.30. The van der Waals surface area contributed by atoms with Crippen molar-refractivity contribution >= 4 is 40.8 Å². The van der Waals surface area contributed by atoms with Crippen LogP contribution in [0.15, 0.2) is 48.5 Å². The maximum Gasteiger partial charge on any atom is 0.325 e. The Morgan fingerprint density at radius 3 is 2.54 bits per heavy atom. The molecule has 0 bridgehead atoms. The van der Waals surface area contributed by atoms with Gasteiger partial charge in [0, 0.05) is 22.8 Å². The minimum atomic E-state index is -1.43. The van der Waals surface area contributed by atoms with Crippen LogP contribution in [0.4, 0.5) is 16.2 Å². The zero-order valence-electron chi connectivity index (χ0n) is 14.6. The molecule has 1 heterocycles. The van der Waals surface area contributed by atoms with Gasteiger partial charge in [0.15, 0.2) is 0 Å². The first-order valence-corrected chi connectivity index (χ1v) is 8.53. The van der Waals surface area contributed by atoms with Crippen LogP contribution in [0.2, 0.25) is 5.02 Å². The van der Waals surface area contributed by atoms with Gasteiger partial charge >= 0.3 is 6.03 Å². The summed E-state index contributed by atoms with van der Waals surface area (Å²) in [5.41, 5.74) is -0.763. The highest BCUT2D eigenvalue weighted by Gasteiger charge is 2.49. The lowest BCUT2D eigenvalue weighted by molar-refractivity contribution is -0.384. The fraction of sp³-hybridized carbons (Fsp3) is 0.167. The van der Waals surface area contributed by atoms with E-state index in [9.17, 15) is 24.5 Å². The zero-order chi connectivity index (χ0) is 20.5. The third-order valence-electron chi connectivity index (χ3n) is 4.34. The fourth-order valence-electron chi connectivity index (χ4n) is 2.86. The molecule has 2 aromatic carbocycles. The number of nitrogens with zero attached hydrogens (tertiary/aromatic N) is 2. The summed E-state index contributed by atoms with van der Waals surface area (Å²) in [6.07, 6.45) is 0. The Balaban J connectivity index is 1.75. The molecule has 3 rings (SSSR count). The molecule has 28 heavy (non-hydrogen) atoms. The predicted octanol–water partition coefficient (Wildman–Crippen LogP) is 2.65. The van der Waals surface area contributed by atoms with Gasteiger partial charge in [-0.1, -0.05) is 17.7 Å². The molecule has 0 saturated carbocycles. The number of carbonyl (C=O) groups is 3. The second-order valence-corrected chi connectivity index (χ2v) is 6.75. The lowest BCUT2D eigenvalue weighted by Gasteiger charge is -2.22. The van der Waals surface area contributed by atoms with Gasteiger partial charge < -0.3 is 10.6 Å². The van der Waals surface area contributed by atoms with Crippen LogP contribution >= 0.6 is 11.6 Å². The van der Waals surface area contributed by atoms with E-state index in [4.69, 9.17) is 11.6 Å². The third kappa shape index (κ3) is 3.65. The number of urea groups is 1. The van der Waals surface area contributed by atoms with Crippen molar-refractivity contribution < 1.29 is 19.3 Å². The van der Waals surface area contributed by atoms with Gasteiger partial charge in [0.05, 0.1) is 4.92 Å². The summed E-state index contributed by atoms with van der Waals surface area (Å²) in [7, 11) is 0. The number of nitrogens with one attached hydrogen (secondary N) is 2. The number of nitro groups is 1. The summed E-state index contributed by atoms with van der Waals surface area (Å²) in [5.74, 6) is -1.20. The van der Waals surface area contributed by atoms with Gasteiger partial charge in [-0.2, -0.15) is 0 Å². The number of carbonyl (C=O) groups excluding carboxylic acids is 3. The van der Waals surface area contributed by atoms with Gasteiger partial charge in [0.25, 0.3) is 11.6 Å². The van der Waals surface area contributed by atoms with Gasteiger partial charge in [-0.05, 0) is 42.8 Å². The molecule has 9 nitrogen and oxygen atoms in total. The monoisotopic (exact) mass is 402 g/mol. The molecular formula is C18H15ClN4O5. The Morgan fingerprint density at radius 1 is 1.25 bits per heavy atom. The molecule has 144 valence electrons. The molecule has 0 radical (unpaired) electrons. The van der Waals surface area contributed by atoms with Crippen LogP contribution in [-0.2, 0) is 15.1 Å². The molecule has 4 amide bonds. The van der Waals surface area contributed by atoms with Crippen LogP contribution < -0.4 is 10.6 Å². The second kappa shape index (κ2) is 7.28. The van der Waals surface area contributed by atoms with Crippen molar-refractivity contribution in [3.63, 3.8) is 0 Å². The van der Waals surface area contributed by atoms with Gasteiger partial charge in [-0.3, -0.25) is 24.6 Å². The normalized spacial score (nSPS) is 18.7. The Morgan fingerprint density at radius 2 is 1.93 bits per heavy atom. The average Bonchev–Trinajstić information content (AvgIpc) is 2.86. The van der Waals surface area contributed by atoms with Gasteiger partial charge in [-0.25, -0.2) is 4.79 Å². The van der Waals surface area contributed by atoms with Gasteiger partial charge in [0.2, 0.25) is 5.91 Å². The van der Waals surface area contributed by atoms with E-state index in [0.717, 1.165) is 4.90 Å². The summed E-state index contributed by atoms with van der Waals surface area (Å²) < 4.78 is 0. The van der Waals surface area contributed by atoms with E-state index < -0.39 is 34.9 Å². The average molecular weight is 403 g/mol. The lowest BCUT2D eigenvalue weighted by Crippen LogP contribution is -2.42. The van der Waals surface area contributed by atoms with E-state index >= 15 is 0 Å². The van der Waals surface area contributed by atoms with Crippen molar-refractivity contribution in [3.05, 3.63) is 69.2 Å². The van der Waals surface area contributed by atoms with E-state index in [1.54, 1.807) is 18.2 Å². The third-order valence-corrected chi connectivity index (χ3v) is 4.58. The number of rotatable bonds is 5. The number of imide groups is 1. The molecule has 0 aliphatic carbocycles. The number of benzene rings is 2. The van der Waals surface area contributed by atoms with Crippen LogP contribution in [0.5, 0.6) is 0 Å². The number of non-ortho nitro benzene ring substituents is 1. The molecule has 2 aromatic rings. The van der Waals surface area contributed by atoms with E-state index in [0.29, 0.717) is 16.3 Å². The molecule has 1 fully saturated rings. The van der Waals surface area contributed by atoms with Crippen molar-refractivity contribution in [2.75, 3.05) is 11.9 Å². The molecule has 0 spiro atoms. The van der Waals surface area contributed by atoms with Crippen molar-refractivity contribution in [1.29, 1.82) is 0 Å². The van der Waals surface area contributed by atoms with Crippen LogP contribution in [0.1, 0.15) is 12.5 Å². The minimum absolute atomic E-state index is 0.137. The predicted molar refractivity (Wildman–Crippen MR) is 101 cm³/mol. The van der Waals surface area contributed by atoms with Gasteiger partial charge in [0.1, 0.15) is 12.1 Å². The quantitative estimate of drug-likeness (QED) is 0.452. The first-order chi connectivity index (χ1) is 13.2. The summed E-state index contributed by atoms with van der Waals surface area (Å²) in [6, 6.07) is 11.0. The number of amides is 4. The SMILES string of the molecule is C[C@]1(c2ccc([N+](=O)[O-])cc2)NC(=O)N(CC(=O)Nc2cccc(Cl)c2)C1=O. The maximum absolute atomic E-state index is 12.8. The summed E-state index contributed by atoms with van der Waals surface area (Å²) in [5, 5.41) is 16.3. The Hall–Kier alpha value is -3.46. The highest BCUT2D eigenvalue weighted by atomic mass is 35.5. The standard InChI is InChI=1S/C18H15ClN4O5/c1-18(11-5-7-14(8-6-11)23(27)28)16(25)22(17(26)21-18)10-15(24)20-13-4-2-3-12(19)9-13/h2-9H,10H2,1H3,(H,20,24)(H,21,26)/t18-/m1/s1. The molecule has 10 heteroatoms. The minimum Gasteiger partial charge on any atom is -0.324 e. The Bertz CT molecular complexity index is 978. The molecule has 1 aliphatic rings. The van der Waals surface area contributed by atoms with Crippen LogP contribution in [0, 0.1) is 10.1 Å². The number of nitro benzene ring substituents is 1. The number of anilines is 1. The Labute approximate surface area is 164 Å². The van der Waals surface area contributed by atoms with Crippen molar-refractivity contribution in [2.45, 2.75) is 12.5 Å². The van der Waals surface area contributed by atoms with Crippen LogP contribution in [0.25, 0.3) is 0 Å². The molecule has 2 N–H and O–H groups in total. The van der Waals surface area contributed by atoms with Crippen molar-refractivity contribution in [2.24, 2.45) is 0 Å².